The number of halogens is 1. The van der Waals surface area contributed by atoms with E-state index in [4.69, 9.17) is 9.47 Å². The molecule has 0 aliphatic heterocycles. The Hall–Kier alpha value is -2.12. The number of ether oxygens (including phenoxy) is 2. The number of Topliss-reactive ketones (excluding diaryl/α,β-unsaturated/α-hetero) is 1. The third kappa shape index (κ3) is 3.80. The van der Waals surface area contributed by atoms with Crippen LogP contribution in [-0.4, -0.2) is 40.3 Å². The van der Waals surface area contributed by atoms with Crippen molar-refractivity contribution in [2.45, 2.75) is 33.1 Å². The Labute approximate surface area is 134 Å². The minimum atomic E-state index is -1.17. The molecule has 23 heavy (non-hydrogen) atoms. The van der Waals surface area contributed by atoms with Crippen molar-refractivity contribution in [2.24, 2.45) is 0 Å². The molecule has 0 bridgehead atoms. The Balaban J connectivity index is 2.36. The van der Waals surface area contributed by atoms with Crippen molar-refractivity contribution < 1.29 is 18.7 Å². The molecule has 1 aromatic heterocycles. The molecule has 0 unspecified atom stereocenters. The molecule has 0 saturated heterocycles. The van der Waals surface area contributed by atoms with Crippen LogP contribution in [0.3, 0.4) is 0 Å². The van der Waals surface area contributed by atoms with Crippen molar-refractivity contribution in [1.82, 2.24) is 15.0 Å². The maximum Gasteiger partial charge on any atom is 0.264 e. The van der Waals surface area contributed by atoms with Gasteiger partial charge in [-0.25, -0.2) is 4.68 Å². The summed E-state index contributed by atoms with van der Waals surface area (Å²) in [5.41, 5.74) is 0.643. The van der Waals surface area contributed by atoms with Crippen LogP contribution in [0.4, 0.5) is 4.39 Å². The Bertz CT molecular complexity index is 639. The maximum absolute atomic E-state index is 14.1. The maximum atomic E-state index is 14.1. The van der Waals surface area contributed by atoms with Gasteiger partial charge in [0.1, 0.15) is 0 Å². The first-order valence-electron chi connectivity index (χ1n) is 7.53. The molecule has 7 heteroatoms. The predicted molar refractivity (Wildman–Crippen MR) is 81.6 cm³/mol. The molecule has 0 spiro atoms. The summed E-state index contributed by atoms with van der Waals surface area (Å²) < 4.78 is 25.8. The summed E-state index contributed by atoms with van der Waals surface area (Å²) in [7, 11) is 0. The van der Waals surface area contributed by atoms with Crippen molar-refractivity contribution in [2.75, 3.05) is 13.2 Å². The predicted octanol–water partition coefficient (Wildman–Crippen LogP) is 2.61. The van der Waals surface area contributed by atoms with Crippen LogP contribution in [0.1, 0.15) is 42.9 Å². The first kappa shape index (κ1) is 17.2. The Morgan fingerprint density at radius 2 is 1.83 bits per heavy atom. The van der Waals surface area contributed by atoms with Crippen molar-refractivity contribution in [3.63, 3.8) is 0 Å². The topological polar surface area (TPSA) is 66.2 Å². The number of hydrogen-bond acceptors (Lipinski definition) is 5. The number of carbonyl (C=O) groups excluding carboxylic acids is 1. The summed E-state index contributed by atoms with van der Waals surface area (Å²) in [6, 6.07) is 9.01. The highest BCUT2D eigenvalue weighted by Crippen LogP contribution is 2.21. The Morgan fingerprint density at radius 1 is 1.22 bits per heavy atom. The highest BCUT2D eigenvalue weighted by atomic mass is 19.1. The molecule has 124 valence electrons. The van der Waals surface area contributed by atoms with E-state index in [1.54, 1.807) is 13.8 Å². The lowest BCUT2D eigenvalue weighted by Gasteiger charge is -2.18. The zero-order valence-corrected chi connectivity index (χ0v) is 13.4. The monoisotopic (exact) mass is 321 g/mol. The van der Waals surface area contributed by atoms with Crippen molar-refractivity contribution >= 4 is 5.78 Å². The van der Waals surface area contributed by atoms with Gasteiger partial charge in [-0.15, -0.1) is 0 Å². The van der Waals surface area contributed by atoms with Gasteiger partial charge in [-0.05, 0) is 26.3 Å². The van der Waals surface area contributed by atoms with Crippen LogP contribution < -0.4 is 0 Å². The van der Waals surface area contributed by atoms with E-state index >= 15 is 0 Å². The minimum Gasteiger partial charge on any atom is -0.346 e. The van der Waals surface area contributed by atoms with Gasteiger partial charge in [0.05, 0.1) is 6.04 Å². The zero-order valence-electron chi connectivity index (χ0n) is 13.4. The van der Waals surface area contributed by atoms with E-state index in [0.29, 0.717) is 0 Å². The lowest BCUT2D eigenvalue weighted by Crippen LogP contribution is -2.31. The smallest absolute Gasteiger partial charge is 0.264 e. The molecular weight excluding hydrogens is 301 g/mol. The molecule has 0 saturated carbocycles. The Morgan fingerprint density at radius 3 is 2.39 bits per heavy atom. The summed E-state index contributed by atoms with van der Waals surface area (Å²) >= 11 is 0. The van der Waals surface area contributed by atoms with Gasteiger partial charge >= 0.3 is 0 Å². The molecule has 2 aromatic rings. The molecular formula is C16H20FN3O3. The van der Waals surface area contributed by atoms with Crippen LogP contribution in [0.5, 0.6) is 0 Å². The fraction of sp³-hybridized carbons (Fsp3) is 0.438. The summed E-state index contributed by atoms with van der Waals surface area (Å²) in [6.45, 7) is 5.83. The molecule has 1 atom stereocenters. The fourth-order valence-corrected chi connectivity index (χ4v) is 2.25. The van der Waals surface area contributed by atoms with Gasteiger partial charge in [0.2, 0.25) is 12.1 Å². The van der Waals surface area contributed by atoms with Crippen LogP contribution in [0.15, 0.2) is 30.3 Å². The number of ketones is 1. The largest absolute Gasteiger partial charge is 0.346 e. The molecule has 0 N–H and O–H groups in total. The third-order valence-corrected chi connectivity index (χ3v) is 3.39. The van der Waals surface area contributed by atoms with E-state index < -0.39 is 18.0 Å². The highest BCUT2D eigenvalue weighted by Gasteiger charge is 2.31. The van der Waals surface area contributed by atoms with E-state index in [-0.39, 0.29) is 24.9 Å². The SMILES string of the molecule is CCOC(OCC)C(=O)c1c(F)nnn1[C@H](C)c1ccccc1. The van der Waals surface area contributed by atoms with Gasteiger partial charge in [-0.2, -0.15) is 4.39 Å². The van der Waals surface area contributed by atoms with Crippen molar-refractivity contribution in [3.05, 3.63) is 47.5 Å². The van der Waals surface area contributed by atoms with E-state index in [9.17, 15) is 9.18 Å². The lowest BCUT2D eigenvalue weighted by atomic mass is 10.1. The summed E-state index contributed by atoms with van der Waals surface area (Å²) in [5, 5.41) is 7.18. The number of carbonyl (C=O) groups is 1. The van der Waals surface area contributed by atoms with Gasteiger partial charge in [0.15, 0.2) is 5.69 Å². The second-order valence-electron chi connectivity index (χ2n) is 4.87. The normalized spacial score (nSPS) is 12.6. The van der Waals surface area contributed by atoms with Crippen LogP contribution in [0.25, 0.3) is 0 Å². The molecule has 6 nitrogen and oxygen atoms in total. The number of benzene rings is 1. The zero-order chi connectivity index (χ0) is 16.8. The van der Waals surface area contributed by atoms with E-state index in [0.717, 1.165) is 5.56 Å². The van der Waals surface area contributed by atoms with Crippen LogP contribution >= 0.6 is 0 Å². The molecule has 0 fully saturated rings. The first-order valence-corrected chi connectivity index (χ1v) is 7.53. The number of aromatic nitrogens is 3. The molecule has 1 heterocycles. The van der Waals surface area contributed by atoms with Crippen molar-refractivity contribution in [1.29, 1.82) is 0 Å². The van der Waals surface area contributed by atoms with Gasteiger partial charge in [-0.3, -0.25) is 4.79 Å². The van der Waals surface area contributed by atoms with Crippen LogP contribution in [0, 0.1) is 5.95 Å². The van der Waals surface area contributed by atoms with Gasteiger partial charge in [0.25, 0.3) is 5.95 Å². The number of rotatable bonds is 8. The fourth-order valence-electron chi connectivity index (χ4n) is 2.25. The van der Waals surface area contributed by atoms with E-state index in [2.05, 4.69) is 10.3 Å². The molecule has 0 aliphatic rings. The quantitative estimate of drug-likeness (QED) is 0.552. The van der Waals surface area contributed by atoms with Crippen LogP contribution in [-0.2, 0) is 9.47 Å². The Kier molecular flexibility index (Phi) is 5.95. The third-order valence-electron chi connectivity index (χ3n) is 3.39. The first-order chi connectivity index (χ1) is 11.1. The second kappa shape index (κ2) is 7.94. The molecule has 1 aromatic carbocycles. The summed E-state index contributed by atoms with van der Waals surface area (Å²) in [6.07, 6.45) is -1.17. The summed E-state index contributed by atoms with van der Waals surface area (Å²) in [4.78, 5) is 12.6. The molecule has 0 radical (unpaired) electrons. The standard InChI is InChI=1S/C16H20FN3O3/c1-4-22-16(23-5-2)14(21)13-15(17)18-19-20(13)11(3)12-9-7-6-8-10-12/h6-11,16H,4-5H2,1-3H3/t11-/m1/s1. The second-order valence-corrected chi connectivity index (χ2v) is 4.87. The highest BCUT2D eigenvalue weighted by molar-refractivity contribution is 5.97. The van der Waals surface area contributed by atoms with Gasteiger partial charge in [-0.1, -0.05) is 40.6 Å². The minimum absolute atomic E-state index is 0.242. The number of hydrogen-bond donors (Lipinski definition) is 0. The summed E-state index contributed by atoms with van der Waals surface area (Å²) in [5.74, 6) is -1.55. The van der Waals surface area contributed by atoms with E-state index in [1.807, 2.05) is 37.3 Å². The van der Waals surface area contributed by atoms with Gasteiger partial charge < -0.3 is 9.47 Å². The van der Waals surface area contributed by atoms with Gasteiger partial charge in [0, 0.05) is 13.2 Å². The average molecular weight is 321 g/mol. The molecule has 2 rings (SSSR count). The molecule has 0 aliphatic carbocycles. The number of nitrogens with zero attached hydrogens (tertiary/aromatic N) is 3. The van der Waals surface area contributed by atoms with E-state index in [1.165, 1.54) is 4.68 Å². The lowest BCUT2D eigenvalue weighted by molar-refractivity contribution is -0.108. The average Bonchev–Trinajstić information content (AvgIpc) is 2.95. The van der Waals surface area contributed by atoms with Crippen molar-refractivity contribution in [3.8, 4) is 0 Å². The molecule has 0 amide bonds. The van der Waals surface area contributed by atoms with Crippen LogP contribution in [0.2, 0.25) is 0 Å².